The summed E-state index contributed by atoms with van der Waals surface area (Å²) in [5.41, 5.74) is 6.20. The van der Waals surface area contributed by atoms with Gasteiger partial charge < -0.3 is 20.7 Å². The van der Waals surface area contributed by atoms with Crippen molar-refractivity contribution in [3.05, 3.63) is 22.2 Å². The number of benzene rings is 1. The normalized spacial score (nSPS) is 12.2. The molecule has 0 amide bonds. The molecule has 0 fully saturated rings. The molecule has 0 aliphatic carbocycles. The zero-order valence-electron chi connectivity index (χ0n) is 8.82. The summed E-state index contributed by atoms with van der Waals surface area (Å²) in [5, 5.41) is 18.3. The van der Waals surface area contributed by atoms with Gasteiger partial charge in [0.2, 0.25) is 0 Å². The standard InChI is InChI=1S/C10H12ClNO4/c1-4-3-5(16-2)9(13)7(11)6(4)8(12)10(14)15/h3,8,13H,12H2,1-2H3,(H,14,15). The minimum Gasteiger partial charge on any atom is -0.503 e. The maximum atomic E-state index is 10.8. The smallest absolute Gasteiger partial charge is 0.325 e. The topological polar surface area (TPSA) is 92.8 Å². The summed E-state index contributed by atoms with van der Waals surface area (Å²) in [4.78, 5) is 10.8. The summed E-state index contributed by atoms with van der Waals surface area (Å²) < 4.78 is 4.88. The van der Waals surface area contributed by atoms with E-state index in [1.165, 1.54) is 13.2 Å². The third kappa shape index (κ3) is 2.05. The van der Waals surface area contributed by atoms with Crippen molar-refractivity contribution in [3.8, 4) is 11.5 Å². The van der Waals surface area contributed by atoms with Crippen LogP contribution in [0.2, 0.25) is 5.02 Å². The van der Waals surface area contributed by atoms with Gasteiger partial charge >= 0.3 is 5.97 Å². The van der Waals surface area contributed by atoms with E-state index in [2.05, 4.69) is 0 Å². The first-order valence-electron chi connectivity index (χ1n) is 4.44. The number of ether oxygens (including phenoxy) is 1. The molecular weight excluding hydrogens is 234 g/mol. The number of aryl methyl sites for hydroxylation is 1. The lowest BCUT2D eigenvalue weighted by atomic mass is 10.0. The average molecular weight is 246 g/mol. The quantitative estimate of drug-likeness (QED) is 0.749. The zero-order chi connectivity index (χ0) is 12.5. The molecule has 6 heteroatoms. The molecule has 1 atom stereocenters. The van der Waals surface area contributed by atoms with Gasteiger partial charge in [0.15, 0.2) is 11.5 Å². The molecule has 1 aromatic rings. The highest BCUT2D eigenvalue weighted by Gasteiger charge is 2.24. The Morgan fingerprint density at radius 2 is 2.19 bits per heavy atom. The van der Waals surface area contributed by atoms with E-state index in [4.69, 9.17) is 27.2 Å². The third-order valence-electron chi connectivity index (χ3n) is 2.25. The maximum absolute atomic E-state index is 10.8. The summed E-state index contributed by atoms with van der Waals surface area (Å²) >= 11 is 5.85. The van der Waals surface area contributed by atoms with Crippen molar-refractivity contribution in [2.45, 2.75) is 13.0 Å². The second-order valence-electron chi connectivity index (χ2n) is 3.29. The van der Waals surface area contributed by atoms with E-state index in [0.29, 0.717) is 5.56 Å². The third-order valence-corrected chi connectivity index (χ3v) is 2.63. The lowest BCUT2D eigenvalue weighted by Crippen LogP contribution is -2.22. The lowest BCUT2D eigenvalue weighted by molar-refractivity contribution is -0.138. The number of nitrogens with two attached hydrogens (primary N) is 1. The highest BCUT2D eigenvalue weighted by Crippen LogP contribution is 2.40. The number of aliphatic carboxylic acids is 1. The van der Waals surface area contributed by atoms with E-state index in [0.717, 1.165) is 0 Å². The minimum atomic E-state index is -1.27. The molecule has 0 saturated carbocycles. The van der Waals surface area contributed by atoms with E-state index in [1.807, 2.05) is 0 Å². The van der Waals surface area contributed by atoms with E-state index < -0.39 is 12.0 Å². The maximum Gasteiger partial charge on any atom is 0.325 e. The van der Waals surface area contributed by atoms with Crippen molar-refractivity contribution in [2.75, 3.05) is 7.11 Å². The van der Waals surface area contributed by atoms with Crippen LogP contribution < -0.4 is 10.5 Å². The van der Waals surface area contributed by atoms with E-state index in [9.17, 15) is 9.90 Å². The van der Waals surface area contributed by atoms with Gasteiger partial charge in [0.05, 0.1) is 12.1 Å². The molecule has 5 nitrogen and oxygen atoms in total. The first kappa shape index (κ1) is 12.6. The first-order chi connectivity index (χ1) is 7.40. The van der Waals surface area contributed by atoms with Crippen molar-refractivity contribution in [2.24, 2.45) is 5.73 Å². The van der Waals surface area contributed by atoms with Gasteiger partial charge in [-0.1, -0.05) is 11.6 Å². The first-order valence-corrected chi connectivity index (χ1v) is 4.82. The number of rotatable bonds is 3. The monoisotopic (exact) mass is 245 g/mol. The largest absolute Gasteiger partial charge is 0.503 e. The number of phenols is 1. The van der Waals surface area contributed by atoms with Crippen LogP contribution in [0.15, 0.2) is 6.07 Å². The number of halogens is 1. The van der Waals surface area contributed by atoms with Crippen molar-refractivity contribution in [1.82, 2.24) is 0 Å². The molecule has 1 rings (SSSR count). The van der Waals surface area contributed by atoms with Gasteiger partial charge in [-0.3, -0.25) is 4.79 Å². The van der Waals surface area contributed by atoms with Gasteiger partial charge in [-0.25, -0.2) is 0 Å². The van der Waals surface area contributed by atoms with Gasteiger partial charge in [-0.15, -0.1) is 0 Å². The predicted octanol–water partition coefficient (Wildman–Crippen LogP) is 1.45. The minimum absolute atomic E-state index is 0.0910. The Morgan fingerprint density at radius 3 is 2.62 bits per heavy atom. The van der Waals surface area contributed by atoms with Crippen molar-refractivity contribution < 1.29 is 19.7 Å². The van der Waals surface area contributed by atoms with Gasteiger partial charge in [0.1, 0.15) is 6.04 Å². The van der Waals surface area contributed by atoms with Crippen LogP contribution in [-0.2, 0) is 4.79 Å². The second-order valence-corrected chi connectivity index (χ2v) is 3.67. The number of phenolic OH excluding ortho intramolecular Hbond substituents is 1. The molecule has 0 aromatic heterocycles. The molecule has 1 aromatic carbocycles. The molecule has 0 bridgehead atoms. The van der Waals surface area contributed by atoms with E-state index in [-0.39, 0.29) is 22.1 Å². The van der Waals surface area contributed by atoms with Crippen LogP contribution in [0.4, 0.5) is 0 Å². The number of aromatic hydroxyl groups is 1. The van der Waals surface area contributed by atoms with Gasteiger partial charge in [0.25, 0.3) is 0 Å². The molecule has 0 aliphatic rings. The Balaban J connectivity index is 3.41. The number of carbonyl (C=O) groups is 1. The number of carboxylic acids is 1. The van der Waals surface area contributed by atoms with E-state index in [1.54, 1.807) is 6.92 Å². The second kappa shape index (κ2) is 4.59. The Bertz CT molecular complexity index is 433. The SMILES string of the molecule is COc1cc(C)c(C(N)C(=O)O)c(Cl)c1O. The number of hydrogen-bond donors (Lipinski definition) is 3. The summed E-state index contributed by atoms with van der Waals surface area (Å²) in [6.45, 7) is 1.64. The summed E-state index contributed by atoms with van der Waals surface area (Å²) in [6, 6.07) is 0.212. The van der Waals surface area contributed by atoms with Gasteiger partial charge in [0, 0.05) is 5.56 Å². The molecule has 4 N–H and O–H groups in total. The van der Waals surface area contributed by atoms with Crippen molar-refractivity contribution >= 4 is 17.6 Å². The molecule has 88 valence electrons. The fraction of sp³-hybridized carbons (Fsp3) is 0.300. The summed E-state index contributed by atoms with van der Waals surface area (Å²) in [5.74, 6) is -1.33. The molecule has 0 heterocycles. The van der Waals surface area contributed by atoms with Crippen molar-refractivity contribution in [3.63, 3.8) is 0 Å². The zero-order valence-corrected chi connectivity index (χ0v) is 9.58. The molecule has 16 heavy (non-hydrogen) atoms. The van der Waals surface area contributed by atoms with Crippen LogP contribution in [-0.4, -0.2) is 23.3 Å². The summed E-state index contributed by atoms with van der Waals surface area (Å²) in [7, 11) is 1.38. The molecule has 1 unspecified atom stereocenters. The molecule has 0 spiro atoms. The number of carboxylic acid groups (broad SMARTS) is 1. The predicted molar refractivity (Wildman–Crippen MR) is 59.0 cm³/mol. The fourth-order valence-electron chi connectivity index (χ4n) is 1.41. The Hall–Kier alpha value is -1.46. The Labute approximate surface area is 97.4 Å². The van der Waals surface area contributed by atoms with Crippen LogP contribution >= 0.6 is 11.6 Å². The van der Waals surface area contributed by atoms with Gasteiger partial charge in [-0.2, -0.15) is 0 Å². The van der Waals surface area contributed by atoms with Crippen LogP contribution in [0.3, 0.4) is 0 Å². The highest BCUT2D eigenvalue weighted by molar-refractivity contribution is 6.33. The van der Waals surface area contributed by atoms with Gasteiger partial charge in [-0.05, 0) is 18.6 Å². The molecule has 0 saturated heterocycles. The van der Waals surface area contributed by atoms with Crippen LogP contribution in [0.25, 0.3) is 0 Å². The molecular formula is C10H12ClNO4. The molecule has 0 radical (unpaired) electrons. The van der Waals surface area contributed by atoms with Crippen molar-refractivity contribution in [1.29, 1.82) is 0 Å². The van der Waals surface area contributed by atoms with Crippen LogP contribution in [0.1, 0.15) is 17.2 Å². The fourth-order valence-corrected chi connectivity index (χ4v) is 1.77. The number of hydrogen-bond acceptors (Lipinski definition) is 4. The Morgan fingerprint density at radius 1 is 1.62 bits per heavy atom. The van der Waals surface area contributed by atoms with E-state index >= 15 is 0 Å². The van der Waals surface area contributed by atoms with Crippen LogP contribution in [0.5, 0.6) is 11.5 Å². The number of methoxy groups -OCH3 is 1. The van der Waals surface area contributed by atoms with Crippen LogP contribution in [0, 0.1) is 6.92 Å². The molecule has 0 aliphatic heterocycles. The summed E-state index contributed by atoms with van der Waals surface area (Å²) in [6.07, 6.45) is 0. The average Bonchev–Trinajstić information content (AvgIpc) is 2.23. The highest BCUT2D eigenvalue weighted by atomic mass is 35.5. The Kier molecular flexibility index (Phi) is 3.62. The lowest BCUT2D eigenvalue weighted by Gasteiger charge is -2.15.